The van der Waals surface area contributed by atoms with Gasteiger partial charge in [0.25, 0.3) is 0 Å². The Hall–Kier alpha value is -2.31. The fraction of sp³-hybridized carbons (Fsp3) is 0.304. The maximum atomic E-state index is 12.2. The molecule has 1 aliphatic carbocycles. The Morgan fingerprint density at radius 1 is 1.17 bits per heavy atom. The first-order valence-electron chi connectivity index (χ1n) is 9.88. The smallest absolute Gasteiger partial charge is 0.352 e. The number of aliphatic carboxylic acids is 1. The Kier molecular flexibility index (Phi) is 7.94. The number of carboxylic acid groups (broad SMARTS) is 1. The maximum absolute atomic E-state index is 12.2. The van der Waals surface area contributed by atoms with Gasteiger partial charge in [0.2, 0.25) is 5.91 Å². The Balaban J connectivity index is 1.62. The number of hydrogen-bond donors (Lipinski definition) is 2. The number of hydrogen-bond acceptors (Lipinski definition) is 3. The second-order valence-electron chi connectivity index (χ2n) is 7.35. The largest absolute Gasteiger partial charge is 0.477 e. The normalized spacial score (nSPS) is 14.5. The minimum absolute atomic E-state index is 0.143. The molecule has 158 valence electrons. The quantitative estimate of drug-likeness (QED) is 0.418. The maximum Gasteiger partial charge on any atom is 0.352 e. The van der Waals surface area contributed by atoms with E-state index in [1.165, 1.54) is 18.9 Å². The van der Waals surface area contributed by atoms with Crippen molar-refractivity contribution < 1.29 is 19.4 Å². The number of carboxylic acids is 1. The second kappa shape index (κ2) is 10.6. The lowest BCUT2D eigenvalue weighted by atomic mass is 10.0. The molecule has 0 spiro atoms. The van der Waals surface area contributed by atoms with Gasteiger partial charge in [0.15, 0.2) is 0 Å². The zero-order valence-corrected chi connectivity index (χ0v) is 18.7. The third-order valence-electron chi connectivity index (χ3n) is 5.07. The van der Waals surface area contributed by atoms with Crippen molar-refractivity contribution >= 4 is 45.5 Å². The highest BCUT2D eigenvalue weighted by atomic mass is 79.9. The molecule has 0 heterocycles. The highest BCUT2D eigenvalue weighted by Gasteiger charge is 2.17. The van der Waals surface area contributed by atoms with E-state index in [0.717, 1.165) is 23.7 Å². The van der Waals surface area contributed by atoms with Crippen molar-refractivity contribution in [3.63, 3.8) is 0 Å². The van der Waals surface area contributed by atoms with Gasteiger partial charge in [0, 0.05) is 10.9 Å². The summed E-state index contributed by atoms with van der Waals surface area (Å²) in [6, 6.07) is 12.2. The molecule has 2 N–H and O–H groups in total. The van der Waals surface area contributed by atoms with Crippen molar-refractivity contribution in [2.45, 2.75) is 38.5 Å². The van der Waals surface area contributed by atoms with Gasteiger partial charge in [-0.3, -0.25) is 4.79 Å². The fourth-order valence-electron chi connectivity index (χ4n) is 3.48. The molecular weight excluding hydrogens is 470 g/mol. The molecular formula is C23H23BrClNO4. The molecule has 0 saturated heterocycles. The molecule has 0 bridgehead atoms. The van der Waals surface area contributed by atoms with Crippen LogP contribution in [0.2, 0.25) is 5.02 Å². The third-order valence-corrected chi connectivity index (χ3v) is 5.86. The first kappa shape index (κ1) is 22.4. The predicted octanol–water partition coefficient (Wildman–Crippen LogP) is 6.41. The van der Waals surface area contributed by atoms with E-state index in [4.69, 9.17) is 16.3 Å². The van der Waals surface area contributed by atoms with Crippen LogP contribution in [0.1, 0.15) is 44.1 Å². The standard InChI is InChI=1S/C23H23BrClNO4/c24-17-8-11-21(19(25)14-17)30-18-9-5-16(6-10-18)13-20(23(28)29)26-22(27)12-7-15-3-1-2-4-15/h5-6,8-11,13-15H,1-4,7,12H2,(H,26,27)(H,28,29)/b20-13+. The number of halogens is 2. The van der Waals surface area contributed by atoms with Gasteiger partial charge < -0.3 is 15.2 Å². The van der Waals surface area contributed by atoms with Gasteiger partial charge in [-0.1, -0.05) is 65.3 Å². The fourth-order valence-corrected chi connectivity index (χ4v) is 4.19. The van der Waals surface area contributed by atoms with Crippen molar-refractivity contribution in [2.24, 2.45) is 5.92 Å². The van der Waals surface area contributed by atoms with Crippen molar-refractivity contribution in [2.75, 3.05) is 0 Å². The van der Waals surface area contributed by atoms with Crippen LogP contribution in [0.4, 0.5) is 0 Å². The lowest BCUT2D eigenvalue weighted by Gasteiger charge is -2.10. The van der Waals surface area contributed by atoms with Crippen LogP contribution in [-0.2, 0) is 9.59 Å². The van der Waals surface area contributed by atoms with Gasteiger partial charge in [0.05, 0.1) is 5.02 Å². The molecule has 1 amide bonds. The van der Waals surface area contributed by atoms with Crippen LogP contribution in [0.5, 0.6) is 11.5 Å². The molecule has 0 atom stereocenters. The Bertz CT molecular complexity index is 937. The van der Waals surface area contributed by atoms with Crippen LogP contribution in [0, 0.1) is 5.92 Å². The molecule has 5 nitrogen and oxygen atoms in total. The average Bonchev–Trinajstić information content (AvgIpc) is 3.23. The first-order chi connectivity index (χ1) is 14.4. The minimum atomic E-state index is -1.17. The molecule has 0 unspecified atom stereocenters. The van der Waals surface area contributed by atoms with Crippen molar-refractivity contribution in [1.29, 1.82) is 0 Å². The van der Waals surface area contributed by atoms with Crippen LogP contribution in [0.15, 0.2) is 52.6 Å². The average molecular weight is 493 g/mol. The van der Waals surface area contributed by atoms with Crippen LogP contribution < -0.4 is 10.1 Å². The topological polar surface area (TPSA) is 75.6 Å². The van der Waals surface area contributed by atoms with E-state index in [1.54, 1.807) is 36.4 Å². The van der Waals surface area contributed by atoms with E-state index in [1.807, 2.05) is 6.07 Å². The van der Waals surface area contributed by atoms with E-state index in [0.29, 0.717) is 34.4 Å². The molecule has 0 radical (unpaired) electrons. The summed E-state index contributed by atoms with van der Waals surface area (Å²) in [5.74, 6) is 0.226. The van der Waals surface area contributed by atoms with Gasteiger partial charge in [-0.05, 0) is 54.3 Å². The van der Waals surface area contributed by atoms with E-state index in [-0.39, 0.29) is 11.6 Å². The lowest BCUT2D eigenvalue weighted by Crippen LogP contribution is -2.27. The summed E-state index contributed by atoms with van der Waals surface area (Å²) in [4.78, 5) is 23.7. The predicted molar refractivity (Wildman–Crippen MR) is 121 cm³/mol. The monoisotopic (exact) mass is 491 g/mol. The number of rotatable bonds is 8. The molecule has 0 aromatic heterocycles. The highest BCUT2D eigenvalue weighted by molar-refractivity contribution is 9.10. The number of amides is 1. The minimum Gasteiger partial charge on any atom is -0.477 e. The summed E-state index contributed by atoms with van der Waals surface area (Å²) in [5.41, 5.74) is 0.494. The third kappa shape index (κ3) is 6.61. The molecule has 1 fully saturated rings. The van der Waals surface area contributed by atoms with Crippen LogP contribution in [-0.4, -0.2) is 17.0 Å². The number of carbonyl (C=O) groups excluding carboxylic acids is 1. The summed E-state index contributed by atoms with van der Waals surface area (Å²) in [6.45, 7) is 0. The highest BCUT2D eigenvalue weighted by Crippen LogP contribution is 2.32. The molecule has 7 heteroatoms. The SMILES string of the molecule is O=C(CCC1CCCC1)N/C(=C/c1ccc(Oc2ccc(Br)cc2Cl)cc1)C(=O)O. The first-order valence-corrected chi connectivity index (χ1v) is 11.1. The lowest BCUT2D eigenvalue weighted by molar-refractivity contribution is -0.134. The summed E-state index contributed by atoms with van der Waals surface area (Å²) >= 11 is 9.50. The van der Waals surface area contributed by atoms with Gasteiger partial charge in [-0.2, -0.15) is 0 Å². The Morgan fingerprint density at radius 2 is 1.87 bits per heavy atom. The zero-order valence-electron chi connectivity index (χ0n) is 16.4. The number of ether oxygens (including phenoxy) is 1. The molecule has 0 aliphatic heterocycles. The summed E-state index contributed by atoms with van der Waals surface area (Å²) < 4.78 is 6.61. The summed E-state index contributed by atoms with van der Waals surface area (Å²) in [7, 11) is 0. The van der Waals surface area contributed by atoms with Gasteiger partial charge in [0.1, 0.15) is 17.2 Å². The zero-order chi connectivity index (χ0) is 21.5. The van der Waals surface area contributed by atoms with E-state index in [9.17, 15) is 14.7 Å². The molecule has 1 saturated carbocycles. The van der Waals surface area contributed by atoms with E-state index >= 15 is 0 Å². The Morgan fingerprint density at radius 3 is 2.50 bits per heavy atom. The van der Waals surface area contributed by atoms with E-state index < -0.39 is 5.97 Å². The Labute approximate surface area is 189 Å². The molecule has 1 aliphatic rings. The second-order valence-corrected chi connectivity index (χ2v) is 8.67. The van der Waals surface area contributed by atoms with Gasteiger partial charge in [-0.15, -0.1) is 0 Å². The molecule has 3 rings (SSSR count). The van der Waals surface area contributed by atoms with Crippen LogP contribution >= 0.6 is 27.5 Å². The van der Waals surface area contributed by atoms with Crippen molar-refractivity contribution in [3.8, 4) is 11.5 Å². The molecule has 2 aromatic rings. The van der Waals surface area contributed by atoms with E-state index in [2.05, 4.69) is 21.2 Å². The van der Waals surface area contributed by atoms with Crippen LogP contribution in [0.25, 0.3) is 6.08 Å². The van der Waals surface area contributed by atoms with Crippen molar-refractivity contribution in [3.05, 3.63) is 63.2 Å². The van der Waals surface area contributed by atoms with Crippen molar-refractivity contribution in [1.82, 2.24) is 5.32 Å². The summed E-state index contributed by atoms with van der Waals surface area (Å²) in [6.07, 6.45) is 7.36. The molecule has 30 heavy (non-hydrogen) atoms. The number of benzene rings is 2. The van der Waals surface area contributed by atoms with Crippen LogP contribution in [0.3, 0.4) is 0 Å². The number of nitrogens with one attached hydrogen (secondary N) is 1. The summed E-state index contributed by atoms with van der Waals surface area (Å²) in [5, 5.41) is 12.4. The van der Waals surface area contributed by atoms with Gasteiger partial charge >= 0.3 is 5.97 Å². The molecule has 2 aromatic carbocycles. The number of carbonyl (C=O) groups is 2. The van der Waals surface area contributed by atoms with Gasteiger partial charge in [-0.25, -0.2) is 4.79 Å².